The van der Waals surface area contributed by atoms with Crippen LogP contribution < -0.4 is 0 Å². The second-order valence-electron chi connectivity index (χ2n) is 5.18. The molecule has 0 amide bonds. The summed E-state index contributed by atoms with van der Waals surface area (Å²) in [5, 5.41) is 10.0. The molecule has 1 unspecified atom stereocenters. The molecule has 1 atom stereocenters. The highest BCUT2D eigenvalue weighted by Gasteiger charge is 2.08. The lowest BCUT2D eigenvalue weighted by Crippen LogP contribution is -1.99. The molecular weight excluding hydrogens is 196 g/mol. The monoisotopic (exact) mass is 220 g/mol. The summed E-state index contributed by atoms with van der Waals surface area (Å²) in [6.45, 7) is 8.65. The van der Waals surface area contributed by atoms with Crippen LogP contribution in [0, 0.1) is 19.8 Å². The molecule has 1 aromatic rings. The van der Waals surface area contributed by atoms with E-state index in [1.165, 1.54) is 17.5 Å². The minimum absolute atomic E-state index is 0.293. The molecule has 1 nitrogen and oxygen atoms in total. The number of hydrogen-bond donors (Lipinski definition) is 1. The molecule has 90 valence electrons. The lowest BCUT2D eigenvalue weighted by molar-refractivity contribution is 0.162. The largest absolute Gasteiger partial charge is 0.388 e. The Labute approximate surface area is 99.5 Å². The smallest absolute Gasteiger partial charge is 0.0790 e. The van der Waals surface area contributed by atoms with E-state index < -0.39 is 0 Å². The van der Waals surface area contributed by atoms with E-state index in [-0.39, 0.29) is 6.10 Å². The van der Waals surface area contributed by atoms with Crippen LogP contribution in [0.4, 0.5) is 0 Å². The fraction of sp³-hybridized carbons (Fsp3) is 0.600. The van der Waals surface area contributed by atoms with Crippen LogP contribution in [-0.4, -0.2) is 5.11 Å². The van der Waals surface area contributed by atoms with Gasteiger partial charge in [0.1, 0.15) is 0 Å². The molecule has 0 saturated carbocycles. The molecule has 1 N–H and O–H groups in total. The SMILES string of the molecule is Cc1ccc(C(O)CCCC(C)C)cc1C. The maximum Gasteiger partial charge on any atom is 0.0790 e. The normalized spacial score (nSPS) is 13.1. The molecule has 0 bridgehead atoms. The zero-order valence-electron chi connectivity index (χ0n) is 11.0. The van der Waals surface area contributed by atoms with Gasteiger partial charge in [-0.15, -0.1) is 0 Å². The molecule has 0 aliphatic rings. The van der Waals surface area contributed by atoms with Crippen molar-refractivity contribution in [2.24, 2.45) is 5.92 Å². The standard InChI is InChI=1S/C15H24O/c1-11(2)6-5-7-15(16)14-9-8-12(3)13(4)10-14/h8-11,15-16H,5-7H2,1-4H3. The highest BCUT2D eigenvalue weighted by molar-refractivity contribution is 5.30. The third-order valence-electron chi connectivity index (χ3n) is 3.17. The quantitative estimate of drug-likeness (QED) is 0.790. The highest BCUT2D eigenvalue weighted by atomic mass is 16.3. The van der Waals surface area contributed by atoms with Crippen molar-refractivity contribution in [1.29, 1.82) is 0 Å². The topological polar surface area (TPSA) is 20.2 Å². The van der Waals surface area contributed by atoms with Crippen molar-refractivity contribution in [3.8, 4) is 0 Å². The lowest BCUT2D eigenvalue weighted by Gasteiger charge is -2.13. The van der Waals surface area contributed by atoms with Gasteiger partial charge < -0.3 is 5.11 Å². The number of aliphatic hydroxyl groups is 1. The summed E-state index contributed by atoms with van der Waals surface area (Å²) in [6.07, 6.45) is 2.88. The molecule has 0 radical (unpaired) electrons. The molecule has 0 fully saturated rings. The Morgan fingerprint density at radius 2 is 1.75 bits per heavy atom. The van der Waals surface area contributed by atoms with Gasteiger partial charge in [-0.3, -0.25) is 0 Å². The second kappa shape index (κ2) is 6.05. The Kier molecular flexibility index (Phi) is 5.01. The van der Waals surface area contributed by atoms with Gasteiger partial charge in [-0.2, -0.15) is 0 Å². The summed E-state index contributed by atoms with van der Waals surface area (Å²) in [5.74, 6) is 0.729. The molecular formula is C15H24O. The first-order chi connectivity index (χ1) is 7.50. The van der Waals surface area contributed by atoms with Gasteiger partial charge in [0, 0.05) is 0 Å². The van der Waals surface area contributed by atoms with Crippen LogP contribution in [0.1, 0.15) is 55.9 Å². The molecule has 1 heteroatoms. The third-order valence-corrected chi connectivity index (χ3v) is 3.17. The molecule has 0 heterocycles. The zero-order chi connectivity index (χ0) is 12.1. The van der Waals surface area contributed by atoms with Gasteiger partial charge in [0.2, 0.25) is 0 Å². The van der Waals surface area contributed by atoms with Crippen molar-refractivity contribution in [2.75, 3.05) is 0 Å². The third kappa shape index (κ3) is 3.97. The Bertz CT molecular complexity index is 328. The summed E-state index contributed by atoms with van der Waals surface area (Å²) in [5.41, 5.74) is 3.62. The number of rotatable bonds is 5. The number of aliphatic hydroxyl groups excluding tert-OH is 1. The molecule has 16 heavy (non-hydrogen) atoms. The summed E-state index contributed by atoms with van der Waals surface area (Å²) in [6, 6.07) is 6.24. The Morgan fingerprint density at radius 1 is 1.06 bits per heavy atom. The van der Waals surface area contributed by atoms with E-state index in [9.17, 15) is 5.11 Å². The summed E-state index contributed by atoms with van der Waals surface area (Å²) < 4.78 is 0. The maximum absolute atomic E-state index is 10.0. The van der Waals surface area contributed by atoms with Crippen molar-refractivity contribution >= 4 is 0 Å². The van der Waals surface area contributed by atoms with Gasteiger partial charge in [-0.25, -0.2) is 0 Å². The Morgan fingerprint density at radius 3 is 2.31 bits per heavy atom. The fourth-order valence-electron chi connectivity index (χ4n) is 1.86. The minimum atomic E-state index is -0.293. The second-order valence-corrected chi connectivity index (χ2v) is 5.18. The molecule has 0 saturated heterocycles. The van der Waals surface area contributed by atoms with Gasteiger partial charge in [-0.05, 0) is 42.9 Å². The van der Waals surface area contributed by atoms with Crippen LogP contribution in [0.2, 0.25) is 0 Å². The maximum atomic E-state index is 10.0. The van der Waals surface area contributed by atoms with E-state index in [2.05, 4.69) is 39.8 Å². The lowest BCUT2D eigenvalue weighted by atomic mass is 9.97. The van der Waals surface area contributed by atoms with Crippen LogP contribution in [0.15, 0.2) is 18.2 Å². The summed E-state index contributed by atoms with van der Waals surface area (Å²) in [7, 11) is 0. The first-order valence-corrected chi connectivity index (χ1v) is 6.26. The summed E-state index contributed by atoms with van der Waals surface area (Å²) >= 11 is 0. The first kappa shape index (κ1) is 13.2. The van der Waals surface area contributed by atoms with Crippen molar-refractivity contribution in [1.82, 2.24) is 0 Å². The van der Waals surface area contributed by atoms with Crippen LogP contribution >= 0.6 is 0 Å². The van der Waals surface area contributed by atoms with E-state index in [1.54, 1.807) is 0 Å². The van der Waals surface area contributed by atoms with E-state index in [0.29, 0.717) is 0 Å². The predicted octanol–water partition coefficient (Wildman–Crippen LogP) is 4.16. The van der Waals surface area contributed by atoms with Crippen LogP contribution in [0.25, 0.3) is 0 Å². The average molecular weight is 220 g/mol. The van der Waals surface area contributed by atoms with Gasteiger partial charge in [0.25, 0.3) is 0 Å². The predicted molar refractivity (Wildman–Crippen MR) is 69.6 cm³/mol. The van der Waals surface area contributed by atoms with Gasteiger partial charge in [-0.1, -0.05) is 44.9 Å². The Hall–Kier alpha value is -0.820. The van der Waals surface area contributed by atoms with Gasteiger partial charge >= 0.3 is 0 Å². The van der Waals surface area contributed by atoms with Gasteiger partial charge in [0.05, 0.1) is 6.10 Å². The average Bonchev–Trinajstić information content (AvgIpc) is 2.21. The van der Waals surface area contributed by atoms with E-state index in [0.717, 1.165) is 24.3 Å². The van der Waals surface area contributed by atoms with E-state index >= 15 is 0 Å². The van der Waals surface area contributed by atoms with Crippen molar-refractivity contribution in [2.45, 2.75) is 53.1 Å². The molecule has 0 aromatic heterocycles. The Balaban J connectivity index is 2.52. The van der Waals surface area contributed by atoms with Crippen molar-refractivity contribution in [3.05, 3.63) is 34.9 Å². The fourth-order valence-corrected chi connectivity index (χ4v) is 1.86. The molecule has 0 aliphatic heterocycles. The zero-order valence-corrected chi connectivity index (χ0v) is 11.0. The first-order valence-electron chi connectivity index (χ1n) is 6.26. The molecule has 0 aliphatic carbocycles. The molecule has 1 aromatic carbocycles. The highest BCUT2D eigenvalue weighted by Crippen LogP contribution is 2.22. The van der Waals surface area contributed by atoms with Crippen molar-refractivity contribution in [3.63, 3.8) is 0 Å². The summed E-state index contributed by atoms with van der Waals surface area (Å²) in [4.78, 5) is 0. The van der Waals surface area contributed by atoms with E-state index in [4.69, 9.17) is 0 Å². The van der Waals surface area contributed by atoms with Gasteiger partial charge in [0.15, 0.2) is 0 Å². The van der Waals surface area contributed by atoms with Crippen LogP contribution in [-0.2, 0) is 0 Å². The number of aryl methyl sites for hydroxylation is 2. The molecule has 1 rings (SSSR count). The van der Waals surface area contributed by atoms with Crippen LogP contribution in [0.3, 0.4) is 0 Å². The number of benzene rings is 1. The number of hydrogen-bond acceptors (Lipinski definition) is 1. The van der Waals surface area contributed by atoms with Crippen LogP contribution in [0.5, 0.6) is 0 Å². The van der Waals surface area contributed by atoms with E-state index in [1.807, 2.05) is 6.07 Å². The molecule has 0 spiro atoms. The minimum Gasteiger partial charge on any atom is -0.388 e. The van der Waals surface area contributed by atoms with Crippen molar-refractivity contribution < 1.29 is 5.11 Å².